The predicted molar refractivity (Wildman–Crippen MR) is 102 cm³/mol. The van der Waals surface area contributed by atoms with Crippen molar-refractivity contribution >= 4 is 32.4 Å². The molecule has 0 amide bonds. The Bertz CT molecular complexity index is 1170. The molecule has 0 aliphatic heterocycles. The van der Waals surface area contributed by atoms with E-state index in [0.29, 0.717) is 16.6 Å². The molecule has 0 fully saturated rings. The van der Waals surface area contributed by atoms with Crippen molar-refractivity contribution in [2.45, 2.75) is 23.1 Å². The normalized spacial score (nSPS) is 12.6. The number of anilines is 1. The molecule has 0 saturated heterocycles. The van der Waals surface area contributed by atoms with Crippen LogP contribution in [0.5, 0.6) is 0 Å². The highest BCUT2D eigenvalue weighted by atomic mass is 32.2. The first-order valence-corrected chi connectivity index (χ1v) is 9.89. The predicted octanol–water partition coefficient (Wildman–Crippen LogP) is 0.779. The number of benzene rings is 2. The van der Waals surface area contributed by atoms with Crippen LogP contribution in [0.25, 0.3) is 10.9 Å². The molecule has 0 saturated carbocycles. The topological polar surface area (TPSA) is 134 Å². The third-order valence-corrected chi connectivity index (χ3v) is 6.39. The first kappa shape index (κ1) is 19.5. The molecule has 1 heterocycles. The van der Waals surface area contributed by atoms with E-state index >= 15 is 0 Å². The van der Waals surface area contributed by atoms with Crippen molar-refractivity contribution in [2.75, 3.05) is 12.8 Å². The minimum Gasteiger partial charge on any atom is -0.468 e. The largest absolute Gasteiger partial charge is 0.468 e. The average Bonchev–Trinajstić information content (AvgIpc) is 2.69. The van der Waals surface area contributed by atoms with Crippen molar-refractivity contribution in [3.8, 4) is 0 Å². The zero-order chi connectivity index (χ0) is 20.3. The lowest BCUT2D eigenvalue weighted by Crippen LogP contribution is -2.34. The van der Waals surface area contributed by atoms with E-state index in [-0.39, 0.29) is 17.9 Å². The third kappa shape index (κ3) is 3.72. The van der Waals surface area contributed by atoms with Crippen LogP contribution in [0, 0.1) is 0 Å². The highest BCUT2D eigenvalue weighted by Crippen LogP contribution is 2.21. The summed E-state index contributed by atoms with van der Waals surface area (Å²) in [7, 11) is -2.94. The maximum atomic E-state index is 12.9. The van der Waals surface area contributed by atoms with Crippen LogP contribution in [0.3, 0.4) is 0 Å². The third-order valence-electron chi connectivity index (χ3n) is 4.28. The number of hydrogen-bond acceptors (Lipinski definition) is 8. The Balaban J connectivity index is 1.92. The molecule has 1 aromatic heterocycles. The number of nitrogens with two attached hydrogens (primary N) is 1. The monoisotopic (exact) mass is 402 g/mol. The van der Waals surface area contributed by atoms with Crippen molar-refractivity contribution in [2.24, 2.45) is 0 Å². The van der Waals surface area contributed by atoms with Crippen molar-refractivity contribution < 1.29 is 17.9 Å². The number of aromatic nitrogens is 3. The van der Waals surface area contributed by atoms with Gasteiger partial charge in [-0.2, -0.15) is 0 Å². The fraction of sp³-hybridized carbons (Fsp3) is 0.222. The van der Waals surface area contributed by atoms with Gasteiger partial charge >= 0.3 is 5.97 Å². The zero-order valence-corrected chi connectivity index (χ0v) is 15.8. The molecule has 3 rings (SSSR count). The summed E-state index contributed by atoms with van der Waals surface area (Å²) >= 11 is 0. The SMILES string of the molecule is COC(=O)C(CCn1nnc2ccccc2c1=O)S(=O)(=O)c1ccc(N)cc1. The molecule has 10 heteroatoms. The number of ether oxygens (including phenoxy) is 1. The van der Waals surface area contributed by atoms with E-state index in [4.69, 9.17) is 5.73 Å². The van der Waals surface area contributed by atoms with Gasteiger partial charge in [0.1, 0.15) is 5.52 Å². The standard InChI is InChI=1S/C18H18N4O5S/c1-27-18(24)16(28(25,26)13-8-6-12(19)7-9-13)10-11-22-17(23)14-4-2-3-5-15(14)20-21-22/h2-9,16H,10-11,19H2,1H3. The van der Waals surface area contributed by atoms with Crippen LogP contribution in [0.4, 0.5) is 5.69 Å². The van der Waals surface area contributed by atoms with Gasteiger partial charge in [0.25, 0.3) is 5.56 Å². The van der Waals surface area contributed by atoms with Crippen LogP contribution in [0.2, 0.25) is 0 Å². The van der Waals surface area contributed by atoms with Crippen molar-refractivity contribution in [3.05, 3.63) is 58.9 Å². The van der Waals surface area contributed by atoms with Crippen molar-refractivity contribution in [1.29, 1.82) is 0 Å². The van der Waals surface area contributed by atoms with Gasteiger partial charge in [0.2, 0.25) is 0 Å². The van der Waals surface area contributed by atoms with Gasteiger partial charge in [-0.15, -0.1) is 5.10 Å². The molecule has 2 aromatic carbocycles. The van der Waals surface area contributed by atoms with E-state index in [1.54, 1.807) is 24.3 Å². The van der Waals surface area contributed by atoms with Gasteiger partial charge in [0.05, 0.1) is 17.4 Å². The Hall–Kier alpha value is -3.27. The number of fused-ring (bicyclic) bond motifs is 1. The summed E-state index contributed by atoms with van der Waals surface area (Å²) < 4.78 is 31.5. The minimum atomic E-state index is -4.05. The molecule has 0 aliphatic carbocycles. The molecule has 1 unspecified atom stereocenters. The van der Waals surface area contributed by atoms with Gasteiger partial charge in [-0.1, -0.05) is 17.3 Å². The molecule has 1 atom stereocenters. The quantitative estimate of drug-likeness (QED) is 0.472. The van der Waals surface area contributed by atoms with Crippen LogP contribution in [-0.2, 0) is 25.9 Å². The molecule has 0 aliphatic rings. The second kappa shape index (κ2) is 7.77. The Labute approximate surface area is 160 Å². The number of esters is 1. The van der Waals surface area contributed by atoms with Gasteiger partial charge in [-0.05, 0) is 42.8 Å². The smallest absolute Gasteiger partial charge is 0.324 e. The second-order valence-electron chi connectivity index (χ2n) is 6.05. The van der Waals surface area contributed by atoms with E-state index in [0.717, 1.165) is 11.8 Å². The molecule has 9 nitrogen and oxygen atoms in total. The molecule has 3 aromatic rings. The van der Waals surface area contributed by atoms with E-state index in [1.165, 1.54) is 24.3 Å². The number of carbonyl (C=O) groups is 1. The van der Waals surface area contributed by atoms with Gasteiger partial charge in [-0.3, -0.25) is 9.59 Å². The van der Waals surface area contributed by atoms with Crippen molar-refractivity contribution in [3.63, 3.8) is 0 Å². The summed E-state index contributed by atoms with van der Waals surface area (Å²) in [5.74, 6) is -0.918. The lowest BCUT2D eigenvalue weighted by Gasteiger charge is -2.16. The van der Waals surface area contributed by atoms with Gasteiger partial charge < -0.3 is 10.5 Å². The summed E-state index contributed by atoms with van der Waals surface area (Å²) in [5.41, 5.74) is 6.00. The summed E-state index contributed by atoms with van der Waals surface area (Å²) in [6.07, 6.45) is -0.202. The Morgan fingerprint density at radius 3 is 2.54 bits per heavy atom. The van der Waals surface area contributed by atoms with Gasteiger partial charge in [0.15, 0.2) is 15.1 Å². The van der Waals surface area contributed by atoms with E-state index in [2.05, 4.69) is 15.0 Å². The summed E-state index contributed by atoms with van der Waals surface area (Å²) in [6, 6.07) is 12.2. The fourth-order valence-electron chi connectivity index (χ4n) is 2.76. The Morgan fingerprint density at radius 1 is 1.18 bits per heavy atom. The zero-order valence-electron chi connectivity index (χ0n) is 15.0. The molecular weight excluding hydrogens is 384 g/mol. The number of sulfone groups is 1. The second-order valence-corrected chi connectivity index (χ2v) is 8.18. The first-order valence-electron chi connectivity index (χ1n) is 8.34. The van der Waals surface area contributed by atoms with Crippen molar-refractivity contribution in [1.82, 2.24) is 15.0 Å². The van der Waals surface area contributed by atoms with Gasteiger partial charge in [-0.25, -0.2) is 13.1 Å². The van der Waals surface area contributed by atoms with E-state index in [9.17, 15) is 18.0 Å². The first-order chi connectivity index (χ1) is 13.3. The number of hydrogen-bond donors (Lipinski definition) is 1. The van der Waals surface area contributed by atoms with Crippen LogP contribution < -0.4 is 11.3 Å². The molecule has 0 spiro atoms. The maximum Gasteiger partial charge on any atom is 0.324 e. The molecule has 2 N–H and O–H groups in total. The van der Waals surface area contributed by atoms with E-state index in [1.807, 2.05) is 0 Å². The Kier molecular flexibility index (Phi) is 5.41. The molecule has 0 radical (unpaired) electrons. The van der Waals surface area contributed by atoms with Crippen LogP contribution >= 0.6 is 0 Å². The summed E-state index contributed by atoms with van der Waals surface area (Å²) in [6.45, 7) is -0.120. The summed E-state index contributed by atoms with van der Waals surface area (Å²) in [5, 5.41) is 6.63. The average molecular weight is 402 g/mol. The molecule has 28 heavy (non-hydrogen) atoms. The molecule has 0 bridgehead atoms. The number of nitrogens with zero attached hydrogens (tertiary/aromatic N) is 3. The summed E-state index contributed by atoms with van der Waals surface area (Å²) in [4.78, 5) is 24.6. The number of methoxy groups -OCH3 is 1. The highest BCUT2D eigenvalue weighted by Gasteiger charge is 2.35. The number of rotatable bonds is 6. The lowest BCUT2D eigenvalue weighted by atomic mass is 10.2. The molecular formula is C18H18N4O5S. The maximum absolute atomic E-state index is 12.9. The van der Waals surface area contributed by atoms with Gasteiger partial charge in [0, 0.05) is 12.2 Å². The molecule has 146 valence electrons. The van der Waals surface area contributed by atoms with E-state index < -0.39 is 26.6 Å². The minimum absolute atomic E-state index is 0.0611. The van der Waals surface area contributed by atoms with Crippen LogP contribution in [0.15, 0.2) is 58.2 Å². The Morgan fingerprint density at radius 2 is 1.86 bits per heavy atom. The number of aryl methyl sites for hydroxylation is 1. The number of carbonyl (C=O) groups excluding carboxylic acids is 1. The van der Waals surface area contributed by atoms with Crippen LogP contribution in [0.1, 0.15) is 6.42 Å². The fourth-order valence-corrected chi connectivity index (χ4v) is 4.37. The highest BCUT2D eigenvalue weighted by molar-refractivity contribution is 7.92. The number of nitrogen functional groups attached to an aromatic ring is 1. The van der Waals surface area contributed by atoms with Crippen LogP contribution in [-0.4, -0.2) is 41.7 Å². The lowest BCUT2D eigenvalue weighted by molar-refractivity contribution is -0.140.